The maximum Gasteiger partial charge on any atom is 0.257 e. The number of morpholine rings is 1. The van der Waals surface area contributed by atoms with E-state index in [0.717, 1.165) is 5.52 Å². The highest BCUT2D eigenvalue weighted by atomic mass is 16.5. The molecule has 0 saturated carbocycles. The minimum Gasteiger partial charge on any atom is -0.394 e. The van der Waals surface area contributed by atoms with Crippen LogP contribution in [0.5, 0.6) is 0 Å². The van der Waals surface area contributed by atoms with Crippen molar-refractivity contribution in [2.75, 3.05) is 26.3 Å². The lowest BCUT2D eigenvalue weighted by molar-refractivity contribution is -0.0446. The van der Waals surface area contributed by atoms with Gasteiger partial charge in [-0.3, -0.25) is 4.79 Å². The van der Waals surface area contributed by atoms with Crippen molar-refractivity contribution in [1.82, 2.24) is 14.5 Å². The molecule has 1 amide bonds. The number of carbonyl (C=O) groups is 1. The van der Waals surface area contributed by atoms with Gasteiger partial charge in [0.05, 0.1) is 36.6 Å². The van der Waals surface area contributed by atoms with Crippen LogP contribution in [0.4, 0.5) is 0 Å². The predicted molar refractivity (Wildman–Crippen MR) is 67.9 cm³/mol. The first-order valence-electron chi connectivity index (χ1n) is 6.23. The highest BCUT2D eigenvalue weighted by Crippen LogP contribution is 2.15. The van der Waals surface area contributed by atoms with E-state index >= 15 is 0 Å². The van der Waals surface area contributed by atoms with Gasteiger partial charge in [0, 0.05) is 19.3 Å². The summed E-state index contributed by atoms with van der Waals surface area (Å²) in [6.07, 6.45) is 3.10. The molecule has 1 N–H and O–H groups in total. The average molecular weight is 261 g/mol. The van der Waals surface area contributed by atoms with Crippen LogP contribution in [0.2, 0.25) is 0 Å². The Morgan fingerprint density at radius 3 is 3.26 bits per heavy atom. The zero-order valence-electron chi connectivity index (χ0n) is 10.4. The summed E-state index contributed by atoms with van der Waals surface area (Å²) in [6.45, 7) is 1.34. The van der Waals surface area contributed by atoms with Crippen LogP contribution in [-0.2, 0) is 4.74 Å². The molecule has 0 radical (unpaired) electrons. The summed E-state index contributed by atoms with van der Waals surface area (Å²) < 4.78 is 7.03. The number of pyridine rings is 1. The third kappa shape index (κ3) is 2.20. The van der Waals surface area contributed by atoms with Crippen molar-refractivity contribution in [1.29, 1.82) is 0 Å². The molecule has 6 nitrogen and oxygen atoms in total. The monoisotopic (exact) mass is 261 g/mol. The van der Waals surface area contributed by atoms with Crippen molar-refractivity contribution in [2.45, 2.75) is 6.10 Å². The van der Waals surface area contributed by atoms with Crippen molar-refractivity contribution in [2.24, 2.45) is 0 Å². The van der Waals surface area contributed by atoms with Gasteiger partial charge < -0.3 is 14.7 Å². The van der Waals surface area contributed by atoms with Crippen LogP contribution >= 0.6 is 0 Å². The molecule has 1 unspecified atom stereocenters. The molecule has 2 aromatic rings. The minimum atomic E-state index is -0.292. The van der Waals surface area contributed by atoms with E-state index in [1.54, 1.807) is 15.6 Å². The second kappa shape index (κ2) is 4.99. The van der Waals surface area contributed by atoms with Gasteiger partial charge in [0.2, 0.25) is 0 Å². The van der Waals surface area contributed by atoms with E-state index in [1.165, 1.54) is 0 Å². The van der Waals surface area contributed by atoms with Gasteiger partial charge in [0.1, 0.15) is 0 Å². The van der Waals surface area contributed by atoms with E-state index in [1.807, 2.05) is 24.4 Å². The number of rotatable bonds is 2. The fourth-order valence-electron chi connectivity index (χ4n) is 2.28. The van der Waals surface area contributed by atoms with Gasteiger partial charge in [-0.1, -0.05) is 6.07 Å². The topological polar surface area (TPSA) is 67.1 Å². The second-order valence-corrected chi connectivity index (χ2v) is 4.52. The molecule has 6 heteroatoms. The number of hydrogen-bond donors (Lipinski definition) is 1. The number of fused-ring (bicyclic) bond motifs is 1. The molecule has 3 heterocycles. The first-order valence-corrected chi connectivity index (χ1v) is 6.23. The lowest BCUT2D eigenvalue weighted by Crippen LogP contribution is -2.46. The predicted octanol–water partition coefficient (Wildman–Crippen LogP) is 0.168. The molecule has 1 saturated heterocycles. The maximum absolute atomic E-state index is 12.5. The van der Waals surface area contributed by atoms with E-state index in [-0.39, 0.29) is 18.6 Å². The number of carbonyl (C=O) groups excluding carboxylic acids is 1. The van der Waals surface area contributed by atoms with Crippen molar-refractivity contribution >= 4 is 11.4 Å². The third-order valence-corrected chi connectivity index (χ3v) is 3.29. The molecule has 2 aromatic heterocycles. The molecule has 1 fully saturated rings. The van der Waals surface area contributed by atoms with Gasteiger partial charge in [-0.15, -0.1) is 0 Å². The van der Waals surface area contributed by atoms with E-state index in [9.17, 15) is 4.79 Å². The van der Waals surface area contributed by atoms with Gasteiger partial charge in [-0.2, -0.15) is 5.10 Å². The summed E-state index contributed by atoms with van der Waals surface area (Å²) in [5, 5.41) is 13.3. The molecule has 0 spiro atoms. The van der Waals surface area contributed by atoms with Crippen LogP contribution in [0.15, 0.2) is 30.6 Å². The smallest absolute Gasteiger partial charge is 0.257 e. The van der Waals surface area contributed by atoms with Gasteiger partial charge in [-0.05, 0) is 12.1 Å². The quantitative estimate of drug-likeness (QED) is 0.836. The fourth-order valence-corrected chi connectivity index (χ4v) is 2.28. The Morgan fingerprint density at radius 2 is 2.42 bits per heavy atom. The highest BCUT2D eigenvalue weighted by molar-refractivity contribution is 6.00. The average Bonchev–Trinajstić information content (AvgIpc) is 2.90. The van der Waals surface area contributed by atoms with Gasteiger partial charge in [0.25, 0.3) is 5.91 Å². The SMILES string of the molecule is O=C(c1cnn2ccccc12)N1CCOC(CO)C1. The standard InChI is InChI=1S/C13H15N3O3/c17-9-10-8-15(5-6-19-10)13(18)11-7-14-16-4-2-1-3-12(11)16/h1-4,7,10,17H,5-6,8-9H2. The van der Waals surface area contributed by atoms with E-state index in [2.05, 4.69) is 5.10 Å². The Labute approximate surface area is 110 Å². The van der Waals surface area contributed by atoms with Gasteiger partial charge in [-0.25, -0.2) is 4.52 Å². The number of amides is 1. The van der Waals surface area contributed by atoms with Crippen LogP contribution in [0.3, 0.4) is 0 Å². The fraction of sp³-hybridized carbons (Fsp3) is 0.385. The van der Waals surface area contributed by atoms with Gasteiger partial charge >= 0.3 is 0 Å². The number of ether oxygens (including phenoxy) is 1. The number of nitrogens with zero attached hydrogens (tertiary/aromatic N) is 3. The zero-order valence-corrected chi connectivity index (χ0v) is 10.4. The Balaban J connectivity index is 1.87. The van der Waals surface area contributed by atoms with Crippen LogP contribution in [-0.4, -0.2) is 57.9 Å². The summed E-state index contributed by atoms with van der Waals surface area (Å²) in [6, 6.07) is 5.61. The summed E-state index contributed by atoms with van der Waals surface area (Å²) in [7, 11) is 0. The van der Waals surface area contributed by atoms with Crippen LogP contribution in [0, 0.1) is 0 Å². The molecule has 1 aliphatic rings. The third-order valence-electron chi connectivity index (χ3n) is 3.29. The number of hydrogen-bond acceptors (Lipinski definition) is 4. The molecular weight excluding hydrogens is 246 g/mol. The first-order chi connectivity index (χ1) is 9.29. The van der Waals surface area contributed by atoms with Crippen molar-refractivity contribution in [3.8, 4) is 0 Å². The Hall–Kier alpha value is -1.92. The van der Waals surface area contributed by atoms with E-state index in [0.29, 0.717) is 25.3 Å². The second-order valence-electron chi connectivity index (χ2n) is 4.52. The summed E-state index contributed by atoms with van der Waals surface area (Å²) >= 11 is 0. The summed E-state index contributed by atoms with van der Waals surface area (Å²) in [4.78, 5) is 14.2. The molecular formula is C13H15N3O3. The Kier molecular flexibility index (Phi) is 3.18. The lowest BCUT2D eigenvalue weighted by Gasteiger charge is -2.31. The van der Waals surface area contributed by atoms with Gasteiger partial charge in [0.15, 0.2) is 0 Å². The minimum absolute atomic E-state index is 0.0667. The van der Waals surface area contributed by atoms with Crippen molar-refractivity contribution in [3.05, 3.63) is 36.2 Å². The maximum atomic E-state index is 12.5. The van der Waals surface area contributed by atoms with E-state index < -0.39 is 0 Å². The van der Waals surface area contributed by atoms with Crippen LogP contribution < -0.4 is 0 Å². The van der Waals surface area contributed by atoms with Crippen molar-refractivity contribution < 1.29 is 14.6 Å². The number of aliphatic hydroxyl groups excluding tert-OH is 1. The van der Waals surface area contributed by atoms with E-state index in [4.69, 9.17) is 9.84 Å². The molecule has 0 aliphatic carbocycles. The Bertz CT molecular complexity index is 596. The largest absolute Gasteiger partial charge is 0.394 e. The normalized spacial score (nSPS) is 19.8. The lowest BCUT2D eigenvalue weighted by atomic mass is 10.2. The molecule has 100 valence electrons. The molecule has 19 heavy (non-hydrogen) atoms. The molecule has 3 rings (SSSR count). The Morgan fingerprint density at radius 1 is 1.53 bits per heavy atom. The zero-order chi connectivity index (χ0) is 13.2. The molecule has 0 aromatic carbocycles. The summed E-state index contributed by atoms with van der Waals surface area (Å²) in [5.41, 5.74) is 1.37. The van der Waals surface area contributed by atoms with Crippen molar-refractivity contribution in [3.63, 3.8) is 0 Å². The molecule has 0 bridgehead atoms. The first kappa shape index (κ1) is 12.1. The summed E-state index contributed by atoms with van der Waals surface area (Å²) in [5.74, 6) is -0.0667. The molecule has 1 atom stereocenters. The van der Waals surface area contributed by atoms with Crippen LogP contribution in [0.1, 0.15) is 10.4 Å². The number of aliphatic hydroxyl groups is 1. The highest BCUT2D eigenvalue weighted by Gasteiger charge is 2.26. The van der Waals surface area contributed by atoms with Crippen LogP contribution in [0.25, 0.3) is 5.52 Å². The molecule has 1 aliphatic heterocycles. The number of aromatic nitrogens is 2.